The van der Waals surface area contributed by atoms with Crippen molar-refractivity contribution in [3.63, 3.8) is 0 Å². The van der Waals surface area contributed by atoms with Crippen molar-refractivity contribution in [1.29, 1.82) is 0 Å². The van der Waals surface area contributed by atoms with Crippen LogP contribution in [0.3, 0.4) is 0 Å². The minimum Gasteiger partial charge on any atom is -0.494 e. The van der Waals surface area contributed by atoms with Gasteiger partial charge in [-0.1, -0.05) is 19.3 Å². The minimum atomic E-state index is -0.506. The Kier molecular flexibility index (Phi) is 4.18. The summed E-state index contributed by atoms with van der Waals surface area (Å²) in [6.45, 7) is 0. The van der Waals surface area contributed by atoms with Crippen molar-refractivity contribution < 1.29 is 13.9 Å². The normalized spacial score (nSPS) is 16.3. The number of carbonyl (C=O) groups is 1. The van der Waals surface area contributed by atoms with Crippen LogP contribution in [0.1, 0.15) is 42.5 Å². The Morgan fingerprint density at radius 1 is 1.33 bits per heavy atom. The highest BCUT2D eigenvalue weighted by Gasteiger charge is 2.17. The maximum atomic E-state index is 13.5. The van der Waals surface area contributed by atoms with Gasteiger partial charge in [0.1, 0.15) is 0 Å². The fourth-order valence-electron chi connectivity index (χ4n) is 2.32. The van der Waals surface area contributed by atoms with Gasteiger partial charge in [-0.25, -0.2) is 4.39 Å². The highest BCUT2D eigenvalue weighted by Crippen LogP contribution is 2.20. The van der Waals surface area contributed by atoms with Gasteiger partial charge in [0.15, 0.2) is 11.6 Å². The van der Waals surface area contributed by atoms with E-state index in [4.69, 9.17) is 4.74 Å². The molecule has 0 radical (unpaired) electrons. The lowest BCUT2D eigenvalue weighted by molar-refractivity contribution is 0.0927. The van der Waals surface area contributed by atoms with Crippen LogP contribution in [0, 0.1) is 5.82 Å². The molecule has 18 heavy (non-hydrogen) atoms. The average molecular weight is 251 g/mol. The molecule has 0 saturated heterocycles. The lowest BCUT2D eigenvalue weighted by atomic mass is 9.95. The van der Waals surface area contributed by atoms with E-state index in [1.165, 1.54) is 25.7 Å². The molecule has 1 aromatic carbocycles. The van der Waals surface area contributed by atoms with E-state index in [0.717, 1.165) is 25.7 Å². The molecule has 0 bridgehead atoms. The summed E-state index contributed by atoms with van der Waals surface area (Å²) in [4.78, 5) is 11.9. The van der Waals surface area contributed by atoms with E-state index >= 15 is 0 Å². The lowest BCUT2D eigenvalue weighted by Gasteiger charge is -2.22. The molecule has 1 amide bonds. The number of halogens is 1. The summed E-state index contributed by atoms with van der Waals surface area (Å²) in [7, 11) is 1.40. The van der Waals surface area contributed by atoms with Gasteiger partial charge >= 0.3 is 0 Å². The number of amides is 1. The molecular formula is C14H18FNO2. The van der Waals surface area contributed by atoms with Gasteiger partial charge in [-0.05, 0) is 31.0 Å². The molecule has 0 spiro atoms. The molecule has 4 heteroatoms. The van der Waals surface area contributed by atoms with Crippen LogP contribution >= 0.6 is 0 Å². The van der Waals surface area contributed by atoms with E-state index in [-0.39, 0.29) is 17.7 Å². The topological polar surface area (TPSA) is 38.3 Å². The fraction of sp³-hybridized carbons (Fsp3) is 0.500. The van der Waals surface area contributed by atoms with Crippen molar-refractivity contribution in [1.82, 2.24) is 5.32 Å². The van der Waals surface area contributed by atoms with Crippen LogP contribution in [0.5, 0.6) is 5.75 Å². The van der Waals surface area contributed by atoms with Crippen molar-refractivity contribution in [2.75, 3.05) is 7.11 Å². The van der Waals surface area contributed by atoms with Crippen LogP contribution in [0.4, 0.5) is 4.39 Å². The minimum absolute atomic E-state index is 0.157. The first-order valence-corrected chi connectivity index (χ1v) is 6.35. The van der Waals surface area contributed by atoms with Crippen molar-refractivity contribution in [2.45, 2.75) is 38.1 Å². The van der Waals surface area contributed by atoms with Crippen LogP contribution in [0.2, 0.25) is 0 Å². The first-order chi connectivity index (χ1) is 8.70. The molecular weight excluding hydrogens is 233 g/mol. The van der Waals surface area contributed by atoms with E-state index < -0.39 is 5.82 Å². The Labute approximate surface area is 106 Å². The molecule has 0 unspecified atom stereocenters. The zero-order chi connectivity index (χ0) is 13.0. The van der Waals surface area contributed by atoms with Gasteiger partial charge in [0.2, 0.25) is 0 Å². The Bertz CT molecular complexity index is 428. The van der Waals surface area contributed by atoms with Gasteiger partial charge in [0.25, 0.3) is 5.91 Å². The van der Waals surface area contributed by atoms with Crippen molar-refractivity contribution >= 4 is 5.91 Å². The van der Waals surface area contributed by atoms with Crippen LogP contribution < -0.4 is 10.1 Å². The van der Waals surface area contributed by atoms with E-state index in [1.807, 2.05) is 0 Å². The Morgan fingerprint density at radius 2 is 2.06 bits per heavy atom. The smallest absolute Gasteiger partial charge is 0.251 e. The van der Waals surface area contributed by atoms with Crippen molar-refractivity contribution in [3.8, 4) is 5.75 Å². The summed E-state index contributed by atoms with van der Waals surface area (Å²) < 4.78 is 18.3. The summed E-state index contributed by atoms with van der Waals surface area (Å²) in [6, 6.07) is 4.51. The first-order valence-electron chi connectivity index (χ1n) is 6.35. The van der Waals surface area contributed by atoms with Gasteiger partial charge < -0.3 is 10.1 Å². The van der Waals surface area contributed by atoms with E-state index in [1.54, 1.807) is 6.07 Å². The number of hydrogen-bond acceptors (Lipinski definition) is 2. The van der Waals surface area contributed by atoms with Gasteiger partial charge in [-0.2, -0.15) is 0 Å². The number of rotatable bonds is 3. The third-order valence-corrected chi connectivity index (χ3v) is 3.35. The second-order valence-electron chi connectivity index (χ2n) is 4.66. The molecule has 0 aromatic heterocycles. The maximum absolute atomic E-state index is 13.5. The third-order valence-electron chi connectivity index (χ3n) is 3.35. The van der Waals surface area contributed by atoms with Gasteiger partial charge in [-0.3, -0.25) is 4.79 Å². The molecule has 0 atom stereocenters. The van der Waals surface area contributed by atoms with Gasteiger partial charge in [0.05, 0.1) is 7.11 Å². The molecule has 2 rings (SSSR count). The molecule has 1 aromatic rings. The van der Waals surface area contributed by atoms with E-state index in [9.17, 15) is 9.18 Å². The Balaban J connectivity index is 2.01. The van der Waals surface area contributed by atoms with Crippen molar-refractivity contribution in [3.05, 3.63) is 29.6 Å². The molecule has 1 N–H and O–H groups in total. The monoisotopic (exact) mass is 251 g/mol. The quantitative estimate of drug-likeness (QED) is 0.897. The largest absolute Gasteiger partial charge is 0.494 e. The second kappa shape index (κ2) is 5.85. The van der Waals surface area contributed by atoms with Crippen LogP contribution in [0.15, 0.2) is 18.2 Å². The molecule has 1 saturated carbocycles. The SMILES string of the molecule is COc1ccc(C(=O)NC2CCCCC2)cc1F. The van der Waals surface area contributed by atoms with Crippen LogP contribution in [-0.2, 0) is 0 Å². The second-order valence-corrected chi connectivity index (χ2v) is 4.66. The maximum Gasteiger partial charge on any atom is 0.251 e. The van der Waals surface area contributed by atoms with E-state index in [2.05, 4.69) is 5.32 Å². The Morgan fingerprint density at radius 3 is 2.67 bits per heavy atom. The first kappa shape index (κ1) is 12.9. The Hall–Kier alpha value is -1.58. The lowest BCUT2D eigenvalue weighted by Crippen LogP contribution is -2.36. The van der Waals surface area contributed by atoms with Crippen LogP contribution in [0.25, 0.3) is 0 Å². The highest BCUT2D eigenvalue weighted by molar-refractivity contribution is 5.94. The van der Waals surface area contributed by atoms with Gasteiger partial charge in [-0.15, -0.1) is 0 Å². The predicted octanol–water partition coefficient (Wildman–Crippen LogP) is 2.90. The van der Waals surface area contributed by atoms with Gasteiger partial charge in [0, 0.05) is 11.6 Å². The number of carbonyl (C=O) groups excluding carboxylic acids is 1. The summed E-state index contributed by atoms with van der Waals surface area (Å²) in [6.07, 6.45) is 5.59. The van der Waals surface area contributed by atoms with E-state index in [0.29, 0.717) is 5.56 Å². The zero-order valence-electron chi connectivity index (χ0n) is 10.5. The molecule has 0 aliphatic heterocycles. The summed E-state index contributed by atoms with van der Waals surface area (Å²) in [5.74, 6) is -0.554. The number of ether oxygens (including phenoxy) is 1. The molecule has 98 valence electrons. The van der Waals surface area contributed by atoms with Crippen molar-refractivity contribution in [2.24, 2.45) is 0 Å². The highest BCUT2D eigenvalue weighted by atomic mass is 19.1. The summed E-state index contributed by atoms with van der Waals surface area (Å²) >= 11 is 0. The molecule has 1 fully saturated rings. The summed E-state index contributed by atoms with van der Waals surface area (Å²) in [5, 5.41) is 2.95. The molecule has 3 nitrogen and oxygen atoms in total. The number of hydrogen-bond donors (Lipinski definition) is 1. The third kappa shape index (κ3) is 3.00. The number of benzene rings is 1. The average Bonchev–Trinajstić information content (AvgIpc) is 2.39. The molecule has 1 aliphatic carbocycles. The number of methoxy groups -OCH3 is 1. The summed E-state index contributed by atoms with van der Waals surface area (Å²) in [5.41, 5.74) is 0.346. The van der Waals surface area contributed by atoms with Crippen LogP contribution in [-0.4, -0.2) is 19.1 Å². The fourth-order valence-corrected chi connectivity index (χ4v) is 2.32. The standard InChI is InChI=1S/C14H18FNO2/c1-18-13-8-7-10(9-12(13)15)14(17)16-11-5-3-2-4-6-11/h7-9,11H,2-6H2,1H3,(H,16,17). The molecule has 1 aliphatic rings. The zero-order valence-corrected chi connectivity index (χ0v) is 10.5. The number of nitrogens with one attached hydrogen (secondary N) is 1. The predicted molar refractivity (Wildman–Crippen MR) is 67.3 cm³/mol. The molecule has 0 heterocycles.